The summed E-state index contributed by atoms with van der Waals surface area (Å²) >= 11 is 0. The first kappa shape index (κ1) is 17.3. The van der Waals surface area contributed by atoms with Gasteiger partial charge in [0, 0.05) is 6.04 Å². The molecular weight excluding hydrogens is 303 g/mol. The summed E-state index contributed by atoms with van der Waals surface area (Å²) in [6.45, 7) is 8.62. The summed E-state index contributed by atoms with van der Waals surface area (Å²) in [4.78, 5) is 0. The second-order valence-corrected chi connectivity index (χ2v) is 7.60. The lowest BCUT2D eigenvalue weighted by Gasteiger charge is -2.35. The van der Waals surface area contributed by atoms with Crippen molar-refractivity contribution in [1.29, 1.82) is 5.26 Å². The summed E-state index contributed by atoms with van der Waals surface area (Å²) in [6.07, 6.45) is 2.12. The molecule has 1 aromatic carbocycles. The van der Waals surface area contributed by atoms with E-state index < -0.39 is 0 Å². The maximum absolute atomic E-state index is 8.55. The largest absolute Gasteiger partial charge is 0.494 e. The van der Waals surface area contributed by atoms with Crippen molar-refractivity contribution < 1.29 is 14.0 Å². The number of hydrogen-bond acceptors (Lipinski definition) is 5. The Kier molecular flexibility index (Phi) is 4.61. The van der Waals surface area contributed by atoms with Gasteiger partial charge in [-0.05, 0) is 58.1 Å². The lowest BCUT2D eigenvalue weighted by atomic mass is 9.79. The lowest BCUT2D eigenvalue weighted by molar-refractivity contribution is 0.00578. The zero-order valence-electron chi connectivity index (χ0n) is 14.8. The Hall–Kier alpha value is -1.55. The average molecular weight is 328 g/mol. The van der Waals surface area contributed by atoms with Crippen molar-refractivity contribution >= 4 is 12.6 Å². The number of benzene rings is 1. The molecular formula is C18H25BN2O3. The van der Waals surface area contributed by atoms with Crippen molar-refractivity contribution in [2.75, 3.05) is 6.54 Å². The van der Waals surface area contributed by atoms with E-state index in [2.05, 4.69) is 39.1 Å². The van der Waals surface area contributed by atoms with Gasteiger partial charge in [-0.25, -0.2) is 0 Å². The van der Waals surface area contributed by atoms with Gasteiger partial charge in [-0.1, -0.05) is 12.1 Å². The van der Waals surface area contributed by atoms with Crippen LogP contribution < -0.4 is 15.5 Å². The molecule has 128 valence electrons. The van der Waals surface area contributed by atoms with Crippen molar-refractivity contribution in [3.8, 4) is 11.8 Å². The molecule has 2 aliphatic rings. The van der Waals surface area contributed by atoms with Gasteiger partial charge in [0.15, 0.2) is 0 Å². The highest BCUT2D eigenvalue weighted by atomic mass is 16.7. The van der Waals surface area contributed by atoms with E-state index in [-0.39, 0.29) is 24.4 Å². The molecule has 1 aliphatic carbocycles. The van der Waals surface area contributed by atoms with Crippen LogP contribution in [-0.4, -0.2) is 37.0 Å². The second kappa shape index (κ2) is 6.40. The first-order chi connectivity index (χ1) is 11.3. The number of hydrogen-bond donors (Lipinski definition) is 1. The summed E-state index contributed by atoms with van der Waals surface area (Å²) in [5, 5.41) is 11.7. The van der Waals surface area contributed by atoms with E-state index in [1.807, 2.05) is 24.3 Å². The number of nitrogens with one attached hydrogen (secondary N) is 1. The average Bonchev–Trinajstić information content (AvgIpc) is 2.70. The molecule has 1 saturated carbocycles. The summed E-state index contributed by atoms with van der Waals surface area (Å²) in [5.74, 6) is 0.860. The Balaban J connectivity index is 1.53. The predicted molar refractivity (Wildman–Crippen MR) is 93.2 cm³/mol. The minimum atomic E-state index is -0.340. The van der Waals surface area contributed by atoms with Crippen molar-refractivity contribution in [1.82, 2.24) is 5.32 Å². The van der Waals surface area contributed by atoms with Crippen molar-refractivity contribution in [3.63, 3.8) is 0 Å². The Morgan fingerprint density at radius 1 is 1.17 bits per heavy atom. The Morgan fingerprint density at radius 2 is 1.75 bits per heavy atom. The zero-order chi connectivity index (χ0) is 17.4. The minimum Gasteiger partial charge on any atom is -0.490 e. The predicted octanol–water partition coefficient (Wildman–Crippen LogP) is 2.01. The smallest absolute Gasteiger partial charge is 0.490 e. The van der Waals surface area contributed by atoms with Crippen LogP contribution in [0.3, 0.4) is 0 Å². The molecule has 0 bridgehead atoms. The molecule has 5 nitrogen and oxygen atoms in total. The molecule has 1 heterocycles. The zero-order valence-corrected chi connectivity index (χ0v) is 14.8. The monoisotopic (exact) mass is 328 g/mol. The highest BCUT2D eigenvalue weighted by Gasteiger charge is 2.51. The third-order valence-corrected chi connectivity index (χ3v) is 5.27. The molecule has 2 fully saturated rings. The van der Waals surface area contributed by atoms with E-state index in [1.165, 1.54) is 0 Å². The SMILES string of the molecule is CC1(C)OB(c2ccc(OC3CC(NCC#N)C3)cc2)OC1(C)C. The molecule has 24 heavy (non-hydrogen) atoms. The van der Waals surface area contributed by atoms with Gasteiger partial charge in [0.05, 0.1) is 23.8 Å². The molecule has 0 amide bonds. The van der Waals surface area contributed by atoms with Gasteiger partial charge in [-0.2, -0.15) is 5.26 Å². The van der Waals surface area contributed by atoms with Gasteiger partial charge >= 0.3 is 7.12 Å². The quantitative estimate of drug-likeness (QED) is 0.662. The fourth-order valence-corrected chi connectivity index (χ4v) is 2.89. The van der Waals surface area contributed by atoms with Crippen LogP contribution in [0.4, 0.5) is 0 Å². The molecule has 6 heteroatoms. The normalized spacial score (nSPS) is 27.4. The van der Waals surface area contributed by atoms with Gasteiger partial charge < -0.3 is 19.4 Å². The van der Waals surface area contributed by atoms with Gasteiger partial charge in [0.25, 0.3) is 0 Å². The lowest BCUT2D eigenvalue weighted by Crippen LogP contribution is -2.46. The molecule has 1 N–H and O–H groups in total. The van der Waals surface area contributed by atoms with Crippen LogP contribution in [0.1, 0.15) is 40.5 Å². The third-order valence-electron chi connectivity index (χ3n) is 5.27. The molecule has 1 aromatic rings. The van der Waals surface area contributed by atoms with E-state index in [4.69, 9.17) is 19.3 Å². The fraction of sp³-hybridized carbons (Fsp3) is 0.611. The van der Waals surface area contributed by atoms with Crippen LogP contribution in [0.15, 0.2) is 24.3 Å². The fourth-order valence-electron chi connectivity index (χ4n) is 2.89. The summed E-state index contributed by atoms with van der Waals surface area (Å²) in [6, 6.07) is 10.4. The standard InChI is InChI=1S/C18H25BN2O3/c1-17(2)18(3,4)24-19(23-17)13-5-7-15(8-6-13)22-16-11-14(12-16)21-10-9-20/h5-8,14,16,21H,10-12H2,1-4H3. The molecule has 1 saturated heterocycles. The number of ether oxygens (including phenoxy) is 1. The Morgan fingerprint density at radius 3 is 2.29 bits per heavy atom. The van der Waals surface area contributed by atoms with Gasteiger partial charge in [-0.3, -0.25) is 0 Å². The Labute approximate surface area is 144 Å². The molecule has 0 atom stereocenters. The van der Waals surface area contributed by atoms with Crippen LogP contribution in [0.2, 0.25) is 0 Å². The Bertz CT molecular complexity index is 602. The van der Waals surface area contributed by atoms with E-state index in [0.29, 0.717) is 12.6 Å². The van der Waals surface area contributed by atoms with Crippen LogP contribution in [0.25, 0.3) is 0 Å². The van der Waals surface area contributed by atoms with E-state index >= 15 is 0 Å². The van der Waals surface area contributed by atoms with Crippen molar-refractivity contribution in [2.45, 2.75) is 63.9 Å². The van der Waals surface area contributed by atoms with Crippen LogP contribution >= 0.6 is 0 Å². The molecule has 0 spiro atoms. The molecule has 0 unspecified atom stereocenters. The number of nitriles is 1. The van der Waals surface area contributed by atoms with Crippen LogP contribution in [0, 0.1) is 11.3 Å². The first-order valence-electron chi connectivity index (χ1n) is 8.53. The van der Waals surface area contributed by atoms with E-state index in [1.54, 1.807) is 0 Å². The molecule has 0 radical (unpaired) electrons. The third kappa shape index (κ3) is 3.44. The summed E-state index contributed by atoms with van der Waals surface area (Å²) < 4.78 is 18.1. The summed E-state index contributed by atoms with van der Waals surface area (Å²) in [5.41, 5.74) is 0.345. The van der Waals surface area contributed by atoms with Gasteiger partial charge in [-0.15, -0.1) is 0 Å². The van der Waals surface area contributed by atoms with Gasteiger partial charge in [0.1, 0.15) is 11.9 Å². The maximum Gasteiger partial charge on any atom is 0.494 e. The first-order valence-corrected chi connectivity index (χ1v) is 8.53. The molecule has 3 rings (SSSR count). The minimum absolute atomic E-state index is 0.226. The van der Waals surface area contributed by atoms with E-state index in [9.17, 15) is 0 Å². The highest BCUT2D eigenvalue weighted by Crippen LogP contribution is 2.36. The van der Waals surface area contributed by atoms with Gasteiger partial charge in [0.2, 0.25) is 0 Å². The second-order valence-electron chi connectivity index (χ2n) is 7.60. The van der Waals surface area contributed by atoms with Crippen LogP contribution in [0.5, 0.6) is 5.75 Å². The molecule has 1 aliphatic heterocycles. The maximum atomic E-state index is 8.55. The van der Waals surface area contributed by atoms with Crippen molar-refractivity contribution in [3.05, 3.63) is 24.3 Å². The van der Waals surface area contributed by atoms with Crippen molar-refractivity contribution in [2.24, 2.45) is 0 Å². The highest BCUT2D eigenvalue weighted by molar-refractivity contribution is 6.62. The van der Waals surface area contributed by atoms with Crippen LogP contribution in [-0.2, 0) is 9.31 Å². The number of rotatable bonds is 5. The number of nitrogens with zero attached hydrogens (tertiary/aromatic N) is 1. The van der Waals surface area contributed by atoms with E-state index in [0.717, 1.165) is 24.1 Å². The topological polar surface area (TPSA) is 63.5 Å². The summed E-state index contributed by atoms with van der Waals surface area (Å²) in [7, 11) is -0.340. The molecule has 0 aromatic heterocycles.